The van der Waals surface area contributed by atoms with Crippen molar-refractivity contribution in [3.63, 3.8) is 0 Å². The molecule has 0 radical (unpaired) electrons. The van der Waals surface area contributed by atoms with Gasteiger partial charge < -0.3 is 9.84 Å². The SMILES string of the molecule is Fc1ccc(NCc2cc(-c3ccccc3)no2)cc1. The van der Waals surface area contributed by atoms with E-state index in [4.69, 9.17) is 4.52 Å². The van der Waals surface area contributed by atoms with Gasteiger partial charge in [-0.05, 0) is 24.3 Å². The van der Waals surface area contributed by atoms with Gasteiger partial charge in [0.25, 0.3) is 0 Å². The van der Waals surface area contributed by atoms with Crippen LogP contribution in [0.25, 0.3) is 11.3 Å². The lowest BCUT2D eigenvalue weighted by Gasteiger charge is -2.02. The molecule has 0 aliphatic rings. The van der Waals surface area contributed by atoms with E-state index in [1.54, 1.807) is 12.1 Å². The number of anilines is 1. The molecule has 3 rings (SSSR count). The number of hydrogen-bond acceptors (Lipinski definition) is 3. The smallest absolute Gasteiger partial charge is 0.156 e. The van der Waals surface area contributed by atoms with Gasteiger partial charge >= 0.3 is 0 Å². The largest absolute Gasteiger partial charge is 0.378 e. The maximum Gasteiger partial charge on any atom is 0.156 e. The monoisotopic (exact) mass is 268 g/mol. The minimum atomic E-state index is -0.249. The molecule has 3 nitrogen and oxygen atoms in total. The van der Waals surface area contributed by atoms with E-state index in [0.29, 0.717) is 6.54 Å². The predicted molar refractivity (Wildman–Crippen MR) is 75.7 cm³/mol. The molecular formula is C16H13FN2O. The van der Waals surface area contributed by atoms with Gasteiger partial charge in [0.1, 0.15) is 11.5 Å². The van der Waals surface area contributed by atoms with Gasteiger partial charge in [-0.25, -0.2) is 4.39 Å². The molecule has 0 spiro atoms. The highest BCUT2D eigenvalue weighted by molar-refractivity contribution is 5.58. The number of benzene rings is 2. The maximum atomic E-state index is 12.8. The molecule has 0 fully saturated rings. The Morgan fingerprint density at radius 2 is 1.75 bits per heavy atom. The standard InChI is InChI=1S/C16H13FN2O/c17-13-6-8-14(9-7-13)18-11-15-10-16(19-20-15)12-4-2-1-3-5-12/h1-10,18H,11H2. The summed E-state index contributed by atoms with van der Waals surface area (Å²) in [6.07, 6.45) is 0. The van der Waals surface area contributed by atoms with Gasteiger partial charge in [0.15, 0.2) is 5.76 Å². The van der Waals surface area contributed by atoms with Crippen molar-refractivity contribution in [2.45, 2.75) is 6.54 Å². The molecule has 0 bridgehead atoms. The van der Waals surface area contributed by atoms with E-state index in [0.717, 1.165) is 22.7 Å². The van der Waals surface area contributed by atoms with Gasteiger partial charge in [-0.15, -0.1) is 0 Å². The van der Waals surface area contributed by atoms with Crippen LogP contribution in [0, 0.1) is 5.82 Å². The van der Waals surface area contributed by atoms with E-state index in [9.17, 15) is 4.39 Å². The highest BCUT2D eigenvalue weighted by Gasteiger charge is 2.05. The average Bonchev–Trinajstić information content (AvgIpc) is 2.97. The number of nitrogens with one attached hydrogen (secondary N) is 1. The van der Waals surface area contributed by atoms with Crippen molar-refractivity contribution >= 4 is 5.69 Å². The van der Waals surface area contributed by atoms with Gasteiger partial charge in [-0.2, -0.15) is 0 Å². The second-order valence-corrected chi connectivity index (χ2v) is 4.40. The fraction of sp³-hybridized carbons (Fsp3) is 0.0625. The Morgan fingerprint density at radius 1 is 1.00 bits per heavy atom. The predicted octanol–water partition coefficient (Wildman–Crippen LogP) is 4.09. The lowest BCUT2D eigenvalue weighted by atomic mass is 10.1. The van der Waals surface area contributed by atoms with E-state index in [1.165, 1.54) is 12.1 Å². The number of nitrogens with zero attached hydrogens (tertiary/aromatic N) is 1. The molecule has 0 amide bonds. The lowest BCUT2D eigenvalue weighted by Crippen LogP contribution is -1.97. The van der Waals surface area contributed by atoms with Crippen molar-refractivity contribution < 1.29 is 8.91 Å². The van der Waals surface area contributed by atoms with Crippen LogP contribution >= 0.6 is 0 Å². The molecule has 0 atom stereocenters. The molecule has 1 N–H and O–H groups in total. The van der Waals surface area contributed by atoms with E-state index in [2.05, 4.69) is 10.5 Å². The zero-order chi connectivity index (χ0) is 13.8. The van der Waals surface area contributed by atoms with Crippen LogP contribution < -0.4 is 5.32 Å². The van der Waals surface area contributed by atoms with Crippen molar-refractivity contribution in [1.82, 2.24) is 5.16 Å². The van der Waals surface area contributed by atoms with Gasteiger partial charge in [0.2, 0.25) is 0 Å². The van der Waals surface area contributed by atoms with Gasteiger partial charge in [-0.1, -0.05) is 35.5 Å². The summed E-state index contributed by atoms with van der Waals surface area (Å²) in [5, 5.41) is 7.19. The molecule has 2 aromatic carbocycles. The molecule has 0 saturated heterocycles. The zero-order valence-electron chi connectivity index (χ0n) is 10.7. The molecule has 4 heteroatoms. The minimum absolute atomic E-state index is 0.249. The van der Waals surface area contributed by atoms with Crippen molar-refractivity contribution in [2.24, 2.45) is 0 Å². The normalized spacial score (nSPS) is 10.4. The summed E-state index contributed by atoms with van der Waals surface area (Å²) in [7, 11) is 0. The third-order valence-electron chi connectivity index (χ3n) is 2.94. The summed E-state index contributed by atoms with van der Waals surface area (Å²) >= 11 is 0. The quantitative estimate of drug-likeness (QED) is 0.774. The third kappa shape index (κ3) is 2.85. The van der Waals surface area contributed by atoms with Gasteiger partial charge in [0, 0.05) is 17.3 Å². The summed E-state index contributed by atoms with van der Waals surface area (Å²) < 4.78 is 18.1. The van der Waals surface area contributed by atoms with Crippen molar-refractivity contribution in [3.8, 4) is 11.3 Å². The van der Waals surface area contributed by atoms with E-state index in [-0.39, 0.29) is 5.82 Å². The molecule has 1 aromatic heterocycles. The van der Waals surface area contributed by atoms with E-state index >= 15 is 0 Å². The van der Waals surface area contributed by atoms with Crippen LogP contribution in [0.5, 0.6) is 0 Å². The second-order valence-electron chi connectivity index (χ2n) is 4.40. The molecule has 20 heavy (non-hydrogen) atoms. The summed E-state index contributed by atoms with van der Waals surface area (Å²) in [5.41, 5.74) is 2.66. The maximum absolute atomic E-state index is 12.8. The molecule has 0 aliphatic carbocycles. The van der Waals surface area contributed by atoms with Gasteiger partial charge in [-0.3, -0.25) is 0 Å². The molecule has 1 heterocycles. The highest BCUT2D eigenvalue weighted by Crippen LogP contribution is 2.19. The Bertz CT molecular complexity index is 677. The van der Waals surface area contributed by atoms with Crippen LogP contribution in [0.2, 0.25) is 0 Å². The Kier molecular flexibility index (Phi) is 3.46. The molecule has 0 aliphatic heterocycles. The molecule has 0 saturated carbocycles. The zero-order valence-corrected chi connectivity index (χ0v) is 10.7. The summed E-state index contributed by atoms with van der Waals surface area (Å²) in [6, 6.07) is 17.9. The van der Waals surface area contributed by atoms with E-state index in [1.807, 2.05) is 36.4 Å². The Labute approximate surface area is 116 Å². The molecule has 100 valence electrons. The number of aromatic nitrogens is 1. The highest BCUT2D eigenvalue weighted by atomic mass is 19.1. The van der Waals surface area contributed by atoms with Crippen LogP contribution in [0.3, 0.4) is 0 Å². The van der Waals surface area contributed by atoms with Crippen molar-refractivity contribution in [1.29, 1.82) is 0 Å². The van der Waals surface area contributed by atoms with Gasteiger partial charge in [0.05, 0.1) is 6.54 Å². The Morgan fingerprint density at radius 3 is 2.50 bits per heavy atom. The Balaban J connectivity index is 1.67. The number of rotatable bonds is 4. The molecule has 0 unspecified atom stereocenters. The van der Waals surface area contributed by atoms with E-state index < -0.39 is 0 Å². The first kappa shape index (κ1) is 12.4. The first-order valence-corrected chi connectivity index (χ1v) is 6.32. The van der Waals surface area contributed by atoms with Crippen LogP contribution in [-0.2, 0) is 6.54 Å². The van der Waals surface area contributed by atoms with Crippen LogP contribution in [0.1, 0.15) is 5.76 Å². The Hall–Kier alpha value is -2.62. The number of hydrogen-bond donors (Lipinski definition) is 1. The van der Waals surface area contributed by atoms with Crippen LogP contribution in [0.15, 0.2) is 65.2 Å². The molecule has 3 aromatic rings. The molecular weight excluding hydrogens is 255 g/mol. The van der Waals surface area contributed by atoms with Crippen LogP contribution in [-0.4, -0.2) is 5.16 Å². The fourth-order valence-corrected chi connectivity index (χ4v) is 1.90. The topological polar surface area (TPSA) is 38.1 Å². The first-order valence-electron chi connectivity index (χ1n) is 6.32. The summed E-state index contributed by atoms with van der Waals surface area (Å²) in [5.74, 6) is 0.481. The average molecular weight is 268 g/mol. The van der Waals surface area contributed by atoms with Crippen molar-refractivity contribution in [2.75, 3.05) is 5.32 Å². The van der Waals surface area contributed by atoms with Crippen molar-refractivity contribution in [3.05, 3.63) is 72.2 Å². The third-order valence-corrected chi connectivity index (χ3v) is 2.94. The lowest BCUT2D eigenvalue weighted by molar-refractivity contribution is 0.390. The summed E-state index contributed by atoms with van der Waals surface area (Å²) in [6.45, 7) is 0.505. The first-order chi connectivity index (χ1) is 9.81. The minimum Gasteiger partial charge on any atom is -0.378 e. The summed E-state index contributed by atoms with van der Waals surface area (Å²) in [4.78, 5) is 0. The second kappa shape index (κ2) is 5.57. The number of halogens is 1. The fourth-order valence-electron chi connectivity index (χ4n) is 1.90. The van der Waals surface area contributed by atoms with Crippen LogP contribution in [0.4, 0.5) is 10.1 Å².